The Labute approximate surface area is 115 Å². The molecule has 1 aromatic rings. The van der Waals surface area contributed by atoms with Crippen molar-refractivity contribution in [3.8, 4) is 0 Å². The van der Waals surface area contributed by atoms with Gasteiger partial charge < -0.3 is 4.74 Å². The summed E-state index contributed by atoms with van der Waals surface area (Å²) in [5, 5.41) is 1.00. The van der Waals surface area contributed by atoms with Crippen molar-refractivity contribution in [1.29, 1.82) is 0 Å². The van der Waals surface area contributed by atoms with Crippen molar-refractivity contribution < 1.29 is 9.53 Å². The molecule has 0 atom stereocenters. The van der Waals surface area contributed by atoms with E-state index < -0.39 is 0 Å². The summed E-state index contributed by atoms with van der Waals surface area (Å²) < 4.78 is 4.99. The normalized spacial score (nSPS) is 10.3. The number of alkyl halides is 1. The molecule has 0 aliphatic carbocycles. The third kappa shape index (κ3) is 4.36. The van der Waals surface area contributed by atoms with Crippen LogP contribution in [0.5, 0.6) is 0 Å². The Morgan fingerprint density at radius 3 is 2.82 bits per heavy atom. The van der Waals surface area contributed by atoms with Gasteiger partial charge in [0.05, 0.1) is 12.2 Å². The average molecular weight is 317 g/mol. The highest BCUT2D eigenvalue weighted by Gasteiger charge is 2.09. The van der Waals surface area contributed by atoms with E-state index in [0.717, 1.165) is 23.1 Å². The van der Waals surface area contributed by atoms with Gasteiger partial charge in [-0.1, -0.05) is 22.0 Å². The van der Waals surface area contributed by atoms with E-state index in [1.165, 1.54) is 5.56 Å². The molecule has 0 amide bonds. The third-order valence-electron chi connectivity index (χ3n) is 2.38. The summed E-state index contributed by atoms with van der Waals surface area (Å²) in [6.45, 7) is 2.23. The number of thioether (sulfide) groups is 1. The minimum atomic E-state index is -0.241. The number of hydrogen-bond donors (Lipinski definition) is 0. The summed E-state index contributed by atoms with van der Waals surface area (Å²) >= 11 is 5.10. The number of carbonyl (C=O) groups excluding carboxylic acids is 1. The first-order chi connectivity index (χ1) is 8.22. The molecule has 0 aromatic heterocycles. The fourth-order valence-corrected chi connectivity index (χ4v) is 2.51. The van der Waals surface area contributed by atoms with Gasteiger partial charge in [-0.2, -0.15) is 0 Å². The lowest BCUT2D eigenvalue weighted by Crippen LogP contribution is -2.05. The first-order valence-electron chi connectivity index (χ1n) is 5.63. The molecule has 17 heavy (non-hydrogen) atoms. The Morgan fingerprint density at radius 1 is 1.47 bits per heavy atom. The van der Waals surface area contributed by atoms with Gasteiger partial charge in [-0.15, -0.1) is 11.8 Å². The van der Waals surface area contributed by atoms with Gasteiger partial charge in [-0.3, -0.25) is 0 Å². The van der Waals surface area contributed by atoms with E-state index >= 15 is 0 Å². The molecule has 0 heterocycles. The minimum absolute atomic E-state index is 0.241. The van der Waals surface area contributed by atoms with Gasteiger partial charge in [0.15, 0.2) is 0 Å². The van der Waals surface area contributed by atoms with Crippen LogP contribution in [0.3, 0.4) is 0 Å². The first-order valence-corrected chi connectivity index (χ1v) is 7.97. The number of aryl methyl sites for hydroxylation is 1. The van der Waals surface area contributed by atoms with E-state index in [4.69, 9.17) is 4.74 Å². The second-order valence-electron chi connectivity index (χ2n) is 3.54. The summed E-state index contributed by atoms with van der Waals surface area (Å²) in [7, 11) is 0. The quantitative estimate of drug-likeness (QED) is 0.452. The summed E-state index contributed by atoms with van der Waals surface area (Å²) in [6.07, 6.45) is 4.17. The topological polar surface area (TPSA) is 26.3 Å². The monoisotopic (exact) mass is 316 g/mol. The molecule has 0 spiro atoms. The van der Waals surface area contributed by atoms with Crippen molar-refractivity contribution in [2.24, 2.45) is 0 Å². The zero-order valence-corrected chi connectivity index (χ0v) is 12.6. The molecule has 0 saturated carbocycles. The summed E-state index contributed by atoms with van der Waals surface area (Å²) in [5.74, 6) is -0.241. The van der Waals surface area contributed by atoms with E-state index in [1.54, 1.807) is 11.8 Å². The summed E-state index contributed by atoms with van der Waals surface area (Å²) in [6, 6.07) is 5.80. The van der Waals surface area contributed by atoms with Gasteiger partial charge in [0.1, 0.15) is 0 Å². The molecular weight excluding hydrogens is 300 g/mol. The van der Waals surface area contributed by atoms with Crippen molar-refractivity contribution in [2.45, 2.75) is 24.7 Å². The van der Waals surface area contributed by atoms with Crippen molar-refractivity contribution in [1.82, 2.24) is 0 Å². The molecule has 0 fully saturated rings. The zero-order chi connectivity index (χ0) is 12.7. The minimum Gasteiger partial charge on any atom is -0.462 e. The second kappa shape index (κ2) is 7.77. The highest BCUT2D eigenvalue weighted by Crippen LogP contribution is 2.23. The Hall–Kier alpha value is -0.480. The van der Waals surface area contributed by atoms with Crippen LogP contribution in [0, 0.1) is 0 Å². The number of ether oxygens (including phenoxy) is 1. The van der Waals surface area contributed by atoms with Crippen molar-refractivity contribution in [3.63, 3.8) is 0 Å². The number of benzene rings is 1. The van der Waals surface area contributed by atoms with Crippen LogP contribution < -0.4 is 0 Å². The van der Waals surface area contributed by atoms with Gasteiger partial charge in [0.2, 0.25) is 0 Å². The molecular formula is C13H17BrO2S. The highest BCUT2D eigenvalue weighted by atomic mass is 79.9. The number of esters is 1. The summed E-state index contributed by atoms with van der Waals surface area (Å²) in [4.78, 5) is 12.8. The lowest BCUT2D eigenvalue weighted by atomic mass is 10.1. The first kappa shape index (κ1) is 14.6. The van der Waals surface area contributed by atoms with E-state index in [9.17, 15) is 4.79 Å². The van der Waals surface area contributed by atoms with Gasteiger partial charge in [0.25, 0.3) is 0 Å². The predicted molar refractivity (Wildman–Crippen MR) is 76.3 cm³/mol. The fourth-order valence-electron chi connectivity index (χ4n) is 1.55. The van der Waals surface area contributed by atoms with Crippen LogP contribution in [0.1, 0.15) is 29.3 Å². The molecule has 1 rings (SSSR count). The highest BCUT2D eigenvalue weighted by molar-refractivity contribution is 9.09. The van der Waals surface area contributed by atoms with Crippen LogP contribution in [0.15, 0.2) is 23.1 Å². The van der Waals surface area contributed by atoms with Gasteiger partial charge in [-0.05, 0) is 43.7 Å². The lowest BCUT2D eigenvalue weighted by molar-refractivity contribution is 0.0526. The molecule has 0 radical (unpaired) electrons. The number of halogens is 1. The second-order valence-corrected chi connectivity index (χ2v) is 5.18. The van der Waals surface area contributed by atoms with Crippen LogP contribution in [0.4, 0.5) is 0 Å². The molecule has 94 valence electrons. The van der Waals surface area contributed by atoms with Gasteiger partial charge >= 0.3 is 5.97 Å². The van der Waals surface area contributed by atoms with Crippen LogP contribution in [-0.2, 0) is 11.2 Å². The van der Waals surface area contributed by atoms with Crippen molar-refractivity contribution in [2.75, 3.05) is 18.2 Å². The molecule has 4 heteroatoms. The Kier molecular flexibility index (Phi) is 6.66. The Bertz CT molecular complexity index is 380. The zero-order valence-electron chi connectivity index (χ0n) is 10.2. The maximum atomic E-state index is 11.6. The van der Waals surface area contributed by atoms with Crippen molar-refractivity contribution in [3.05, 3.63) is 29.3 Å². The molecule has 0 aliphatic heterocycles. The van der Waals surface area contributed by atoms with Gasteiger partial charge in [-0.25, -0.2) is 4.79 Å². The number of rotatable bonds is 6. The molecule has 2 nitrogen and oxygen atoms in total. The Balaban J connectivity index is 2.87. The van der Waals surface area contributed by atoms with E-state index in [-0.39, 0.29) is 5.97 Å². The predicted octanol–water partition coefficient (Wildman–Crippen LogP) is 3.91. The molecule has 0 aliphatic rings. The molecule has 0 N–H and O–H groups in total. The molecule has 0 bridgehead atoms. The fraction of sp³-hybridized carbons (Fsp3) is 0.462. The van der Waals surface area contributed by atoms with Crippen LogP contribution in [0.2, 0.25) is 0 Å². The maximum absolute atomic E-state index is 11.6. The molecule has 0 saturated heterocycles. The smallest absolute Gasteiger partial charge is 0.338 e. The molecule has 1 aromatic carbocycles. The third-order valence-corrected chi connectivity index (χ3v) is 3.76. The van der Waals surface area contributed by atoms with Crippen LogP contribution in [0.25, 0.3) is 0 Å². The van der Waals surface area contributed by atoms with Crippen LogP contribution in [-0.4, -0.2) is 24.2 Å². The SMILES string of the molecule is CCOC(=O)c1ccc(CCCBr)c(SC)c1. The lowest BCUT2D eigenvalue weighted by Gasteiger charge is -2.09. The Morgan fingerprint density at radius 2 is 2.24 bits per heavy atom. The maximum Gasteiger partial charge on any atom is 0.338 e. The van der Waals surface area contributed by atoms with E-state index in [2.05, 4.69) is 15.9 Å². The average Bonchev–Trinajstić information content (AvgIpc) is 2.36. The number of hydrogen-bond acceptors (Lipinski definition) is 3. The van der Waals surface area contributed by atoms with Crippen molar-refractivity contribution >= 4 is 33.7 Å². The van der Waals surface area contributed by atoms with E-state index in [0.29, 0.717) is 12.2 Å². The largest absolute Gasteiger partial charge is 0.462 e. The van der Waals surface area contributed by atoms with Gasteiger partial charge in [0, 0.05) is 10.2 Å². The van der Waals surface area contributed by atoms with Crippen LogP contribution >= 0.6 is 27.7 Å². The van der Waals surface area contributed by atoms with E-state index in [1.807, 2.05) is 31.4 Å². The summed E-state index contributed by atoms with van der Waals surface area (Å²) in [5.41, 5.74) is 1.93. The molecule has 0 unspecified atom stereocenters. The number of carbonyl (C=O) groups is 1. The standard InChI is InChI=1S/C13H17BrO2S/c1-3-16-13(15)11-7-6-10(5-4-8-14)12(9-11)17-2/h6-7,9H,3-5,8H2,1-2H3.